The second-order valence-electron chi connectivity index (χ2n) is 10.1. The molecular weight excluding hydrogens is 785 g/mol. The third-order valence-corrected chi connectivity index (χ3v) is 8.49. The van der Waals surface area contributed by atoms with E-state index in [1.54, 1.807) is 24.3 Å². The molecule has 0 atom stereocenters. The van der Waals surface area contributed by atoms with Gasteiger partial charge in [0.25, 0.3) is 0 Å². The minimum atomic E-state index is 0. The van der Waals surface area contributed by atoms with Gasteiger partial charge in [-0.15, -0.1) is 12.8 Å². The topological polar surface area (TPSA) is 40.5 Å². The number of phenols is 2. The summed E-state index contributed by atoms with van der Waals surface area (Å²) in [4.78, 5) is 0. The quantitative estimate of drug-likeness (QED) is 0.234. The summed E-state index contributed by atoms with van der Waals surface area (Å²) < 4.78 is 2.12. The van der Waals surface area contributed by atoms with Crippen molar-refractivity contribution in [3.63, 3.8) is 0 Å². The van der Waals surface area contributed by atoms with E-state index in [4.69, 9.17) is 10.2 Å². The summed E-state index contributed by atoms with van der Waals surface area (Å²) in [6, 6.07) is 14.2. The molecule has 206 valence electrons. The molecule has 0 spiro atoms. The average Bonchev–Trinajstić information content (AvgIpc) is 3.66. The first-order valence-electron chi connectivity index (χ1n) is 13.9. The molecule has 0 amide bonds. The number of hydrogen-bond acceptors (Lipinski definition) is 2. The van der Waals surface area contributed by atoms with Crippen LogP contribution in [0.25, 0.3) is 0 Å². The molecule has 2 saturated carbocycles. The summed E-state index contributed by atoms with van der Waals surface area (Å²) in [5.41, 5.74) is 3.01. The number of allylic oxidation sites excluding steroid dienone is 8. The van der Waals surface area contributed by atoms with Gasteiger partial charge < -0.3 is 10.2 Å². The van der Waals surface area contributed by atoms with E-state index in [0.29, 0.717) is 11.5 Å². The van der Waals surface area contributed by atoms with Gasteiger partial charge in [-0.05, 0) is 119 Å². The van der Waals surface area contributed by atoms with Gasteiger partial charge in [0.2, 0.25) is 0 Å². The minimum absolute atomic E-state index is 0. The zero-order valence-corrected chi connectivity index (χ0v) is 29.5. The van der Waals surface area contributed by atoms with Crippen LogP contribution >= 0.6 is 45.2 Å². The number of phenolic OH excluding ortho intramolecular Hbond substituents is 2. The van der Waals surface area contributed by atoms with E-state index in [2.05, 4.69) is 81.6 Å². The van der Waals surface area contributed by atoms with Crippen LogP contribution in [-0.2, 0) is 26.2 Å². The predicted octanol–water partition coefficient (Wildman–Crippen LogP) is 10.5. The standard InChI is InChI=1S/2C11H15.2C6H5IO.Zr/c2*1-2-6-10(7-3-1)11-8-4-5-9-11;2*7-5-2-1-3-6(8)4-5;/h2*4,8,10H,1-3,5-7H2;2*1-4,8H;/q2*-1;;;+2. The molecule has 2 N–H and O–H groups in total. The van der Waals surface area contributed by atoms with Crippen molar-refractivity contribution >= 4 is 45.2 Å². The molecule has 2 aromatic carbocycles. The maximum atomic E-state index is 8.81. The normalized spacial score (nSPS) is 18.2. The van der Waals surface area contributed by atoms with E-state index >= 15 is 0 Å². The Morgan fingerprint density at radius 2 is 0.974 bits per heavy atom. The van der Waals surface area contributed by atoms with E-state index in [9.17, 15) is 0 Å². The molecule has 4 aliphatic carbocycles. The summed E-state index contributed by atoms with van der Waals surface area (Å²) >= 11 is 4.29. The van der Waals surface area contributed by atoms with Crippen molar-refractivity contribution < 1.29 is 36.4 Å². The maximum Gasteiger partial charge on any atom is 2.00 e. The number of halogens is 2. The summed E-state index contributed by atoms with van der Waals surface area (Å²) in [6.07, 6.45) is 32.3. The van der Waals surface area contributed by atoms with Crippen molar-refractivity contribution in [3.05, 3.63) is 103 Å². The Labute approximate surface area is 282 Å². The fraction of sp³-hybridized carbons (Fsp3) is 0.412. The third kappa shape index (κ3) is 14.2. The molecular formula is C34H40I2O2Zr. The molecule has 0 aromatic heterocycles. The second kappa shape index (κ2) is 20.3. The van der Waals surface area contributed by atoms with Crippen LogP contribution in [0.4, 0.5) is 0 Å². The first kappa shape index (κ1) is 34.5. The molecule has 6 rings (SSSR count). The Kier molecular flexibility index (Phi) is 17.9. The number of aromatic hydroxyl groups is 2. The van der Waals surface area contributed by atoms with Crippen molar-refractivity contribution in [2.24, 2.45) is 11.8 Å². The van der Waals surface area contributed by atoms with Crippen LogP contribution in [0.5, 0.6) is 11.5 Å². The maximum absolute atomic E-state index is 8.81. The van der Waals surface area contributed by atoms with Crippen LogP contribution in [0.3, 0.4) is 0 Å². The van der Waals surface area contributed by atoms with E-state index in [0.717, 1.165) is 31.8 Å². The number of benzene rings is 2. The van der Waals surface area contributed by atoms with E-state index in [-0.39, 0.29) is 26.2 Å². The fourth-order valence-corrected chi connectivity index (χ4v) is 6.24. The number of rotatable bonds is 2. The monoisotopic (exact) mass is 824 g/mol. The summed E-state index contributed by atoms with van der Waals surface area (Å²) in [6.45, 7) is 0. The van der Waals surface area contributed by atoms with Crippen LogP contribution in [0, 0.1) is 31.1 Å². The van der Waals surface area contributed by atoms with Crippen LogP contribution in [0.1, 0.15) is 77.0 Å². The van der Waals surface area contributed by atoms with Crippen molar-refractivity contribution in [3.8, 4) is 11.5 Å². The zero-order chi connectivity index (χ0) is 27.0. The summed E-state index contributed by atoms with van der Waals surface area (Å²) in [7, 11) is 0. The van der Waals surface area contributed by atoms with Gasteiger partial charge >= 0.3 is 26.2 Å². The minimum Gasteiger partial charge on any atom is -0.508 e. The molecule has 0 aliphatic heterocycles. The van der Waals surface area contributed by atoms with Gasteiger partial charge in [0.05, 0.1) is 0 Å². The van der Waals surface area contributed by atoms with Crippen molar-refractivity contribution in [2.45, 2.75) is 77.0 Å². The van der Waals surface area contributed by atoms with Crippen LogP contribution in [0.2, 0.25) is 0 Å². The van der Waals surface area contributed by atoms with Gasteiger partial charge in [-0.2, -0.15) is 12.2 Å². The van der Waals surface area contributed by atoms with E-state index in [1.807, 2.05) is 24.3 Å². The molecule has 5 heteroatoms. The zero-order valence-electron chi connectivity index (χ0n) is 22.7. The molecule has 0 radical (unpaired) electrons. The number of hydrogen-bond donors (Lipinski definition) is 2. The largest absolute Gasteiger partial charge is 2.00 e. The van der Waals surface area contributed by atoms with Crippen molar-refractivity contribution in [2.75, 3.05) is 0 Å². The summed E-state index contributed by atoms with van der Waals surface area (Å²) in [5, 5.41) is 17.6. The van der Waals surface area contributed by atoms with E-state index < -0.39 is 0 Å². The first-order chi connectivity index (χ1) is 18.5. The average molecular weight is 826 g/mol. The smallest absolute Gasteiger partial charge is 0.508 e. The molecule has 2 fully saturated rings. The Morgan fingerprint density at radius 3 is 1.23 bits per heavy atom. The van der Waals surface area contributed by atoms with E-state index in [1.165, 1.54) is 75.4 Å². The van der Waals surface area contributed by atoms with Crippen LogP contribution < -0.4 is 0 Å². The van der Waals surface area contributed by atoms with Gasteiger partial charge in [-0.1, -0.05) is 50.7 Å². The molecule has 39 heavy (non-hydrogen) atoms. The predicted molar refractivity (Wildman–Crippen MR) is 176 cm³/mol. The Hall–Kier alpha value is -0.657. The van der Waals surface area contributed by atoms with Gasteiger partial charge in [0.15, 0.2) is 0 Å². The molecule has 0 unspecified atom stereocenters. The Bertz CT molecular complexity index is 972. The van der Waals surface area contributed by atoms with Crippen LogP contribution in [-0.4, -0.2) is 10.2 Å². The molecule has 0 heterocycles. The molecule has 2 nitrogen and oxygen atoms in total. The Balaban J connectivity index is 0.000000183. The third-order valence-electron chi connectivity index (χ3n) is 7.15. The van der Waals surface area contributed by atoms with Crippen molar-refractivity contribution in [1.82, 2.24) is 0 Å². The van der Waals surface area contributed by atoms with Gasteiger partial charge in [-0.25, -0.2) is 23.3 Å². The first-order valence-corrected chi connectivity index (χ1v) is 16.1. The molecule has 0 bridgehead atoms. The SMILES string of the molecule is Oc1cccc(I)c1.Oc1cccc(I)c1.[C-]1=C(C2CCCCC2)C=CC1.[C-]1=C(C2CCCCC2)C=CC1.[Zr+2]. The molecule has 0 saturated heterocycles. The van der Waals surface area contributed by atoms with Gasteiger partial charge in [0, 0.05) is 7.14 Å². The van der Waals surface area contributed by atoms with Crippen molar-refractivity contribution in [1.29, 1.82) is 0 Å². The molecule has 2 aromatic rings. The second-order valence-corrected chi connectivity index (χ2v) is 12.6. The van der Waals surface area contributed by atoms with Gasteiger partial charge in [-0.3, -0.25) is 12.2 Å². The fourth-order valence-electron chi connectivity index (χ4n) is 5.18. The van der Waals surface area contributed by atoms with Crippen LogP contribution in [0.15, 0.2) is 84.0 Å². The molecule has 4 aliphatic rings. The van der Waals surface area contributed by atoms with Gasteiger partial charge in [0.1, 0.15) is 11.5 Å². The summed E-state index contributed by atoms with van der Waals surface area (Å²) in [5.74, 6) is 2.39. The Morgan fingerprint density at radius 1 is 0.590 bits per heavy atom.